The standard InChI is InChI=1S/C19H21FN6/c1-11-6-22-17-15(20)5-12(9-26(11)17)13-7-21-16-14(13)8-23-18(25-16)24-10-19(2,3)4/h5-9H,10H2,1-4H3,(H2,21,23,24,25). The van der Waals surface area contributed by atoms with Gasteiger partial charge in [-0.05, 0) is 18.4 Å². The van der Waals surface area contributed by atoms with Gasteiger partial charge < -0.3 is 14.7 Å². The van der Waals surface area contributed by atoms with Crippen LogP contribution < -0.4 is 5.32 Å². The van der Waals surface area contributed by atoms with E-state index in [9.17, 15) is 4.39 Å². The average Bonchev–Trinajstić information content (AvgIpc) is 3.16. The Morgan fingerprint density at radius 3 is 2.81 bits per heavy atom. The highest BCUT2D eigenvalue weighted by Gasteiger charge is 2.14. The summed E-state index contributed by atoms with van der Waals surface area (Å²) in [6, 6.07) is 1.50. The highest BCUT2D eigenvalue weighted by Crippen LogP contribution is 2.29. The summed E-state index contributed by atoms with van der Waals surface area (Å²) in [6.45, 7) is 9.11. The molecular weight excluding hydrogens is 331 g/mol. The number of hydrogen-bond donors (Lipinski definition) is 2. The van der Waals surface area contributed by atoms with Crippen molar-refractivity contribution in [2.24, 2.45) is 5.41 Å². The number of H-pyrrole nitrogens is 1. The van der Waals surface area contributed by atoms with Crippen molar-refractivity contribution in [3.05, 3.63) is 42.4 Å². The average molecular weight is 352 g/mol. The third-order valence-corrected chi connectivity index (χ3v) is 4.27. The van der Waals surface area contributed by atoms with Crippen LogP contribution in [-0.2, 0) is 0 Å². The molecule has 4 aromatic heterocycles. The predicted octanol–water partition coefficient (Wildman–Crippen LogP) is 4.18. The van der Waals surface area contributed by atoms with Crippen LogP contribution in [0.25, 0.3) is 27.8 Å². The van der Waals surface area contributed by atoms with Gasteiger partial charge in [0.05, 0.1) is 0 Å². The van der Waals surface area contributed by atoms with E-state index in [0.717, 1.165) is 28.8 Å². The van der Waals surface area contributed by atoms with E-state index in [1.807, 2.05) is 19.3 Å². The molecule has 0 bridgehead atoms. The highest BCUT2D eigenvalue weighted by atomic mass is 19.1. The molecule has 0 aliphatic carbocycles. The van der Waals surface area contributed by atoms with Gasteiger partial charge in [0.2, 0.25) is 5.95 Å². The van der Waals surface area contributed by atoms with Crippen LogP contribution >= 0.6 is 0 Å². The first kappa shape index (κ1) is 16.5. The third kappa shape index (κ3) is 2.89. The lowest BCUT2D eigenvalue weighted by molar-refractivity contribution is 0.442. The number of aryl methyl sites for hydroxylation is 1. The second-order valence-electron chi connectivity index (χ2n) is 7.74. The Morgan fingerprint density at radius 1 is 1.23 bits per heavy atom. The van der Waals surface area contributed by atoms with Crippen molar-refractivity contribution in [3.63, 3.8) is 0 Å². The van der Waals surface area contributed by atoms with Crippen LogP contribution in [0.1, 0.15) is 26.5 Å². The van der Waals surface area contributed by atoms with Gasteiger partial charge in [-0.25, -0.2) is 14.4 Å². The van der Waals surface area contributed by atoms with Crippen LogP contribution in [0.15, 0.2) is 30.9 Å². The van der Waals surface area contributed by atoms with Crippen molar-refractivity contribution in [3.8, 4) is 11.1 Å². The summed E-state index contributed by atoms with van der Waals surface area (Å²) in [5, 5.41) is 4.10. The van der Waals surface area contributed by atoms with Gasteiger partial charge in [0.25, 0.3) is 0 Å². The van der Waals surface area contributed by atoms with E-state index in [1.54, 1.807) is 16.8 Å². The van der Waals surface area contributed by atoms with E-state index in [0.29, 0.717) is 17.2 Å². The maximum absolute atomic E-state index is 14.4. The maximum Gasteiger partial charge on any atom is 0.224 e. The highest BCUT2D eigenvalue weighted by molar-refractivity contribution is 5.93. The molecule has 134 valence electrons. The molecule has 4 aromatic rings. The van der Waals surface area contributed by atoms with Crippen molar-refractivity contribution in [2.45, 2.75) is 27.7 Å². The minimum absolute atomic E-state index is 0.134. The van der Waals surface area contributed by atoms with E-state index in [-0.39, 0.29) is 11.2 Å². The Balaban J connectivity index is 1.75. The molecule has 0 aliphatic rings. The minimum atomic E-state index is -0.352. The van der Waals surface area contributed by atoms with Crippen molar-refractivity contribution >= 4 is 22.6 Å². The van der Waals surface area contributed by atoms with Gasteiger partial charge in [-0.15, -0.1) is 0 Å². The molecule has 0 fully saturated rings. The Kier molecular flexibility index (Phi) is 3.68. The summed E-state index contributed by atoms with van der Waals surface area (Å²) in [4.78, 5) is 16.2. The first-order valence-electron chi connectivity index (χ1n) is 8.53. The summed E-state index contributed by atoms with van der Waals surface area (Å²) in [5.74, 6) is 0.224. The van der Waals surface area contributed by atoms with Crippen LogP contribution in [0.2, 0.25) is 0 Å². The molecule has 0 saturated carbocycles. The smallest absolute Gasteiger partial charge is 0.224 e. The molecule has 0 spiro atoms. The van der Waals surface area contributed by atoms with Gasteiger partial charge in [-0.2, -0.15) is 4.98 Å². The summed E-state index contributed by atoms with van der Waals surface area (Å²) < 4.78 is 16.1. The number of nitrogens with one attached hydrogen (secondary N) is 2. The largest absolute Gasteiger partial charge is 0.354 e. The van der Waals surface area contributed by atoms with Crippen LogP contribution in [0.4, 0.5) is 10.3 Å². The molecule has 0 radical (unpaired) electrons. The molecule has 0 aromatic carbocycles. The number of aromatic amines is 1. The molecule has 0 aliphatic heterocycles. The Hall–Kier alpha value is -2.96. The maximum atomic E-state index is 14.4. The zero-order valence-electron chi connectivity index (χ0n) is 15.3. The molecule has 26 heavy (non-hydrogen) atoms. The van der Waals surface area contributed by atoms with Crippen LogP contribution in [0.5, 0.6) is 0 Å². The van der Waals surface area contributed by atoms with Gasteiger partial charge in [0, 0.05) is 53.5 Å². The molecule has 7 heteroatoms. The second-order valence-corrected chi connectivity index (χ2v) is 7.74. The minimum Gasteiger partial charge on any atom is -0.354 e. The molecule has 0 unspecified atom stereocenters. The number of halogens is 1. The van der Waals surface area contributed by atoms with Crippen molar-refractivity contribution in [1.82, 2.24) is 24.3 Å². The number of pyridine rings is 1. The lowest BCUT2D eigenvalue weighted by atomic mass is 9.97. The topological polar surface area (TPSA) is 70.9 Å². The number of nitrogens with zero attached hydrogens (tertiary/aromatic N) is 4. The number of hydrogen-bond acceptors (Lipinski definition) is 4. The van der Waals surface area contributed by atoms with E-state index in [4.69, 9.17) is 0 Å². The van der Waals surface area contributed by atoms with Gasteiger partial charge in [-0.3, -0.25) is 0 Å². The first-order valence-corrected chi connectivity index (χ1v) is 8.53. The summed E-state index contributed by atoms with van der Waals surface area (Å²) >= 11 is 0. The van der Waals surface area contributed by atoms with Gasteiger partial charge in [0.1, 0.15) is 5.65 Å². The van der Waals surface area contributed by atoms with E-state index < -0.39 is 0 Å². The van der Waals surface area contributed by atoms with Crippen molar-refractivity contribution in [2.75, 3.05) is 11.9 Å². The fourth-order valence-electron chi connectivity index (χ4n) is 2.89. The fraction of sp³-hybridized carbons (Fsp3) is 0.316. The van der Waals surface area contributed by atoms with Gasteiger partial charge in [-0.1, -0.05) is 20.8 Å². The normalized spacial score (nSPS) is 12.2. The summed E-state index contributed by atoms with van der Waals surface area (Å²) in [6.07, 6.45) is 7.14. The molecule has 2 N–H and O–H groups in total. The molecule has 4 rings (SSSR count). The number of fused-ring (bicyclic) bond motifs is 2. The lowest BCUT2D eigenvalue weighted by Crippen LogP contribution is -2.20. The second kappa shape index (κ2) is 5.79. The summed E-state index contributed by atoms with van der Waals surface area (Å²) in [5.41, 5.74) is 3.67. The molecule has 0 amide bonds. The van der Waals surface area contributed by atoms with Crippen molar-refractivity contribution in [1.29, 1.82) is 0 Å². The summed E-state index contributed by atoms with van der Waals surface area (Å²) in [7, 11) is 0. The molecule has 0 saturated heterocycles. The van der Waals surface area contributed by atoms with E-state index in [1.165, 1.54) is 6.07 Å². The number of rotatable bonds is 3. The number of anilines is 1. The van der Waals surface area contributed by atoms with Gasteiger partial charge >= 0.3 is 0 Å². The van der Waals surface area contributed by atoms with Crippen molar-refractivity contribution < 1.29 is 4.39 Å². The van der Waals surface area contributed by atoms with Crippen LogP contribution in [-0.4, -0.2) is 30.9 Å². The van der Waals surface area contributed by atoms with Crippen LogP contribution in [0, 0.1) is 18.2 Å². The quantitative estimate of drug-likeness (QED) is 0.580. The molecular formula is C19H21FN6. The lowest BCUT2D eigenvalue weighted by Gasteiger charge is -2.18. The Morgan fingerprint density at radius 2 is 2.04 bits per heavy atom. The zero-order valence-corrected chi connectivity index (χ0v) is 15.3. The number of imidazole rings is 1. The molecule has 0 atom stereocenters. The third-order valence-electron chi connectivity index (χ3n) is 4.27. The Bertz CT molecular complexity index is 1100. The van der Waals surface area contributed by atoms with E-state index >= 15 is 0 Å². The van der Waals surface area contributed by atoms with E-state index in [2.05, 4.69) is 46.0 Å². The molecule has 4 heterocycles. The predicted molar refractivity (Wildman–Crippen MR) is 101 cm³/mol. The zero-order chi connectivity index (χ0) is 18.5. The SMILES string of the molecule is Cc1cnc2c(F)cc(-c3c[nH]c4nc(NCC(C)(C)C)ncc34)cn12. The molecule has 6 nitrogen and oxygen atoms in total. The Labute approximate surface area is 150 Å². The van der Waals surface area contributed by atoms with Gasteiger partial charge in [0.15, 0.2) is 11.5 Å². The first-order chi connectivity index (χ1) is 12.3. The fourth-order valence-corrected chi connectivity index (χ4v) is 2.89. The van der Waals surface area contributed by atoms with Crippen LogP contribution in [0.3, 0.4) is 0 Å². The number of aromatic nitrogens is 5. The monoisotopic (exact) mass is 352 g/mol.